The molecule has 0 unspecified atom stereocenters. The van der Waals surface area contributed by atoms with E-state index in [1.807, 2.05) is 0 Å². The summed E-state index contributed by atoms with van der Waals surface area (Å²) in [7, 11) is -3.74. The number of amides is 1. The number of carbonyl (C=O) groups is 1. The van der Waals surface area contributed by atoms with Crippen molar-refractivity contribution >= 4 is 38.1 Å². The van der Waals surface area contributed by atoms with Gasteiger partial charge in [0, 0.05) is 24.4 Å². The number of benzene rings is 2. The monoisotopic (exact) mass is 393 g/mol. The van der Waals surface area contributed by atoms with Gasteiger partial charge in [-0.05, 0) is 31.0 Å². The molecule has 0 atom stereocenters. The minimum absolute atomic E-state index is 0.0957. The van der Waals surface area contributed by atoms with Crippen LogP contribution in [0.1, 0.15) is 32.1 Å². The molecule has 1 heterocycles. The minimum atomic E-state index is -3.74. The average Bonchev–Trinajstić information content (AvgIpc) is 2.86. The number of non-ortho nitro benzene ring substituents is 1. The Morgan fingerprint density at radius 3 is 2.59 bits per heavy atom. The molecular formula is C17H19N3O6S. The van der Waals surface area contributed by atoms with E-state index in [1.165, 1.54) is 28.6 Å². The molecule has 2 aromatic carbocycles. The number of nitro groups is 1. The zero-order valence-electron chi connectivity index (χ0n) is 14.4. The van der Waals surface area contributed by atoms with Gasteiger partial charge < -0.3 is 0 Å². The highest BCUT2D eigenvalue weighted by molar-refractivity contribution is 7.93. The molecule has 0 spiro atoms. The summed E-state index contributed by atoms with van der Waals surface area (Å²) in [6.45, 7) is 0.260. The normalized spacial score (nSPS) is 14.5. The molecule has 1 aliphatic heterocycles. The van der Waals surface area contributed by atoms with Crippen molar-refractivity contribution in [2.45, 2.75) is 37.0 Å². The van der Waals surface area contributed by atoms with Crippen LogP contribution in [0.15, 0.2) is 35.2 Å². The number of anilines is 1. The summed E-state index contributed by atoms with van der Waals surface area (Å²) in [5.41, 5.74) is 1.92. The third kappa shape index (κ3) is 3.45. The van der Waals surface area contributed by atoms with E-state index in [2.05, 4.69) is 0 Å². The second-order valence-electron chi connectivity index (χ2n) is 6.32. The molecule has 1 aliphatic rings. The third-order valence-electron chi connectivity index (χ3n) is 4.63. The summed E-state index contributed by atoms with van der Waals surface area (Å²) in [5.74, 6) is -0.444. The van der Waals surface area contributed by atoms with Gasteiger partial charge in [0.05, 0.1) is 20.9 Å². The van der Waals surface area contributed by atoms with E-state index in [0.717, 1.165) is 12.8 Å². The second kappa shape index (κ2) is 7.49. The maximum Gasteiger partial charge on any atom is 0.277 e. The predicted octanol–water partition coefficient (Wildman–Crippen LogP) is 2.71. The van der Waals surface area contributed by atoms with Crippen LogP contribution in [0.3, 0.4) is 0 Å². The van der Waals surface area contributed by atoms with Gasteiger partial charge in [-0.1, -0.05) is 18.9 Å². The summed E-state index contributed by atoms with van der Waals surface area (Å²) in [6, 6.07) is 7.37. The molecule has 2 N–H and O–H groups in total. The molecule has 0 fully saturated rings. The van der Waals surface area contributed by atoms with Gasteiger partial charge >= 0.3 is 0 Å². The number of hydrogen-bond acceptors (Lipinski definition) is 6. The van der Waals surface area contributed by atoms with Gasteiger partial charge in [-0.15, -0.1) is 0 Å². The van der Waals surface area contributed by atoms with E-state index in [0.29, 0.717) is 29.3 Å². The van der Waals surface area contributed by atoms with Crippen LogP contribution in [-0.4, -0.2) is 31.0 Å². The van der Waals surface area contributed by atoms with E-state index in [1.54, 1.807) is 11.5 Å². The van der Waals surface area contributed by atoms with Crippen LogP contribution in [0, 0.1) is 10.1 Å². The Balaban J connectivity index is 1.77. The SMILES string of the molecule is O=C(CCCCCCN1c2ccc([N+](=O)[O-])c3cccc(c23)S1(=O)=O)NO. The molecule has 0 aliphatic carbocycles. The van der Waals surface area contributed by atoms with E-state index in [-0.39, 0.29) is 23.5 Å². The first-order chi connectivity index (χ1) is 12.9. The van der Waals surface area contributed by atoms with Crippen LogP contribution < -0.4 is 9.79 Å². The average molecular weight is 393 g/mol. The molecule has 0 radical (unpaired) electrons. The van der Waals surface area contributed by atoms with E-state index in [9.17, 15) is 23.3 Å². The van der Waals surface area contributed by atoms with Crippen molar-refractivity contribution in [3.8, 4) is 0 Å². The van der Waals surface area contributed by atoms with Crippen LogP contribution in [0.25, 0.3) is 10.8 Å². The third-order valence-corrected chi connectivity index (χ3v) is 6.49. The number of carbonyl (C=O) groups excluding carboxylic acids is 1. The maximum atomic E-state index is 12.9. The molecule has 10 heteroatoms. The number of hydrogen-bond donors (Lipinski definition) is 2. The van der Waals surface area contributed by atoms with Gasteiger partial charge in [0.2, 0.25) is 5.91 Å². The van der Waals surface area contributed by atoms with Crippen LogP contribution in [0.5, 0.6) is 0 Å². The number of rotatable bonds is 8. The fourth-order valence-electron chi connectivity index (χ4n) is 3.36. The van der Waals surface area contributed by atoms with Gasteiger partial charge in [-0.2, -0.15) is 0 Å². The largest absolute Gasteiger partial charge is 0.289 e. The summed E-state index contributed by atoms with van der Waals surface area (Å²) in [6.07, 6.45) is 2.85. The first kappa shape index (κ1) is 19.1. The maximum absolute atomic E-state index is 12.9. The quantitative estimate of drug-likeness (QED) is 0.307. The van der Waals surface area contributed by atoms with E-state index >= 15 is 0 Å². The molecule has 9 nitrogen and oxygen atoms in total. The van der Waals surface area contributed by atoms with Crippen LogP contribution in [0.4, 0.5) is 11.4 Å². The zero-order chi connectivity index (χ0) is 19.6. The second-order valence-corrected chi connectivity index (χ2v) is 8.15. The van der Waals surface area contributed by atoms with Crippen LogP contribution in [0.2, 0.25) is 0 Å². The molecule has 0 aromatic heterocycles. The summed E-state index contributed by atoms with van der Waals surface area (Å²) in [4.78, 5) is 21.8. The molecule has 3 rings (SSSR count). The number of sulfonamides is 1. The van der Waals surface area contributed by atoms with Gasteiger partial charge in [-0.3, -0.25) is 24.4 Å². The van der Waals surface area contributed by atoms with Crippen molar-refractivity contribution in [3.63, 3.8) is 0 Å². The smallest absolute Gasteiger partial charge is 0.277 e. The molecule has 0 saturated carbocycles. The van der Waals surface area contributed by atoms with E-state index < -0.39 is 20.9 Å². The Morgan fingerprint density at radius 1 is 1.15 bits per heavy atom. The van der Waals surface area contributed by atoms with Crippen LogP contribution in [-0.2, 0) is 14.8 Å². The number of unbranched alkanes of at least 4 members (excludes halogenated alkanes) is 3. The number of nitrogens with zero attached hydrogens (tertiary/aromatic N) is 2. The summed E-state index contributed by atoms with van der Waals surface area (Å²) >= 11 is 0. The highest BCUT2D eigenvalue weighted by Gasteiger charge is 2.36. The Labute approximate surface area is 155 Å². The Hall–Kier alpha value is -2.72. The van der Waals surface area contributed by atoms with Gasteiger partial charge in [-0.25, -0.2) is 13.9 Å². The lowest BCUT2D eigenvalue weighted by molar-refractivity contribution is -0.383. The summed E-state index contributed by atoms with van der Waals surface area (Å²) < 4.78 is 27.0. The molecule has 144 valence electrons. The Morgan fingerprint density at radius 2 is 1.89 bits per heavy atom. The highest BCUT2D eigenvalue weighted by Crippen LogP contribution is 2.45. The van der Waals surface area contributed by atoms with Crippen molar-refractivity contribution in [3.05, 3.63) is 40.4 Å². The minimum Gasteiger partial charge on any atom is -0.289 e. The molecule has 2 aromatic rings. The van der Waals surface area contributed by atoms with Crippen molar-refractivity contribution < 1.29 is 23.3 Å². The van der Waals surface area contributed by atoms with E-state index in [4.69, 9.17) is 5.21 Å². The Kier molecular flexibility index (Phi) is 5.29. The number of nitrogens with one attached hydrogen (secondary N) is 1. The van der Waals surface area contributed by atoms with Gasteiger partial charge in [0.1, 0.15) is 0 Å². The fourth-order valence-corrected chi connectivity index (χ4v) is 5.10. The predicted molar refractivity (Wildman–Crippen MR) is 98.1 cm³/mol. The first-order valence-electron chi connectivity index (χ1n) is 8.53. The molecule has 27 heavy (non-hydrogen) atoms. The standard InChI is InChI=1S/C17H19N3O6S/c21-16(18-22)8-3-1-2-4-11-19-14-10-9-13(20(23)24)12-6-5-7-15(17(12)14)27(19,25)26/h5-7,9-10,22H,1-4,8,11H2,(H,18,21). The van der Waals surface area contributed by atoms with Crippen molar-refractivity contribution in [2.75, 3.05) is 10.8 Å². The lowest BCUT2D eigenvalue weighted by Crippen LogP contribution is -2.28. The van der Waals surface area contributed by atoms with Crippen molar-refractivity contribution in [1.82, 2.24) is 5.48 Å². The lowest BCUT2D eigenvalue weighted by Gasteiger charge is -2.18. The lowest BCUT2D eigenvalue weighted by atomic mass is 10.1. The zero-order valence-corrected chi connectivity index (χ0v) is 15.2. The topological polar surface area (TPSA) is 130 Å². The number of hydroxylamine groups is 1. The van der Waals surface area contributed by atoms with Crippen molar-refractivity contribution in [1.29, 1.82) is 0 Å². The van der Waals surface area contributed by atoms with Crippen LogP contribution >= 0.6 is 0 Å². The Bertz CT molecular complexity index is 1010. The number of nitro benzene ring substituents is 1. The van der Waals surface area contributed by atoms with Gasteiger partial charge in [0.15, 0.2) is 0 Å². The molecule has 0 saturated heterocycles. The van der Waals surface area contributed by atoms with Crippen molar-refractivity contribution in [2.24, 2.45) is 0 Å². The summed E-state index contributed by atoms with van der Waals surface area (Å²) in [5, 5.41) is 20.4. The van der Waals surface area contributed by atoms with Gasteiger partial charge in [0.25, 0.3) is 15.7 Å². The molecule has 1 amide bonds. The molecule has 0 bridgehead atoms. The first-order valence-corrected chi connectivity index (χ1v) is 9.97. The fraction of sp³-hybridized carbons (Fsp3) is 0.353. The highest BCUT2D eigenvalue weighted by atomic mass is 32.2. The molecular weight excluding hydrogens is 374 g/mol.